The third-order valence-corrected chi connectivity index (χ3v) is 4.41. The van der Waals surface area contributed by atoms with Crippen LogP contribution in [-0.4, -0.2) is 10.8 Å². The van der Waals surface area contributed by atoms with Crippen molar-refractivity contribution in [2.75, 3.05) is 0 Å². The average Bonchev–Trinajstić information content (AvgIpc) is 3.19. The van der Waals surface area contributed by atoms with E-state index < -0.39 is 0 Å². The number of nitrogens with zero attached hydrogens (tertiary/aromatic N) is 2. The molecule has 0 amide bonds. The number of rotatable bonds is 1. The van der Waals surface area contributed by atoms with Crippen LogP contribution in [-0.2, 0) is 6.42 Å². The standard InChI is InChI=1S/C19H14N2O/c1-4-13-9-10-21-16-7-2-6-15(17-8-3-11-22-17)18(16)20-12-14(5-1)19(13)21/h2-3,5-12H,1,4H2. The lowest BCUT2D eigenvalue weighted by molar-refractivity contribution is 0.582. The average molecular weight is 286 g/mol. The zero-order valence-electron chi connectivity index (χ0n) is 12.0. The summed E-state index contributed by atoms with van der Waals surface area (Å²) in [6.45, 7) is 0. The molecule has 2 aliphatic rings. The van der Waals surface area contributed by atoms with Crippen LogP contribution in [0.3, 0.4) is 0 Å². The molecule has 2 aromatic heterocycles. The highest BCUT2D eigenvalue weighted by atomic mass is 16.3. The summed E-state index contributed by atoms with van der Waals surface area (Å²) in [6, 6.07) is 12.4. The number of aryl methyl sites for hydroxylation is 1. The van der Waals surface area contributed by atoms with Crippen molar-refractivity contribution < 1.29 is 4.42 Å². The van der Waals surface area contributed by atoms with Crippen molar-refractivity contribution in [2.45, 2.75) is 12.8 Å². The lowest BCUT2D eigenvalue weighted by atomic mass is 9.98. The molecule has 0 saturated carbocycles. The molecule has 1 aliphatic heterocycles. The van der Waals surface area contributed by atoms with Gasteiger partial charge in [-0.2, -0.15) is 0 Å². The molecule has 5 rings (SSSR count). The summed E-state index contributed by atoms with van der Waals surface area (Å²) in [4.78, 5) is 4.78. The number of benzene rings is 1. The Labute approximate surface area is 128 Å². The lowest BCUT2D eigenvalue weighted by Crippen LogP contribution is -2.03. The van der Waals surface area contributed by atoms with E-state index in [0.29, 0.717) is 0 Å². The topological polar surface area (TPSA) is 30.4 Å². The van der Waals surface area contributed by atoms with E-state index in [2.05, 4.69) is 41.1 Å². The molecule has 3 heterocycles. The van der Waals surface area contributed by atoms with Crippen LogP contribution < -0.4 is 0 Å². The predicted molar refractivity (Wildman–Crippen MR) is 87.9 cm³/mol. The minimum Gasteiger partial charge on any atom is -0.464 e. The second-order valence-electron chi connectivity index (χ2n) is 5.67. The van der Waals surface area contributed by atoms with Crippen LogP contribution in [0, 0.1) is 0 Å². The Balaban J connectivity index is 1.85. The van der Waals surface area contributed by atoms with Gasteiger partial charge in [-0.3, -0.25) is 4.99 Å². The number of hydrogen-bond donors (Lipinski definition) is 0. The molecular formula is C19H14N2O. The molecule has 0 bridgehead atoms. The predicted octanol–water partition coefficient (Wildman–Crippen LogP) is 4.78. The van der Waals surface area contributed by atoms with E-state index in [1.54, 1.807) is 6.26 Å². The van der Waals surface area contributed by atoms with Gasteiger partial charge in [0, 0.05) is 23.5 Å². The number of furan rings is 1. The molecule has 0 spiro atoms. The van der Waals surface area contributed by atoms with Crippen LogP contribution in [0.15, 0.2) is 64.3 Å². The molecule has 3 aromatic rings. The third kappa shape index (κ3) is 1.53. The Morgan fingerprint density at radius 1 is 1.09 bits per heavy atom. The van der Waals surface area contributed by atoms with Gasteiger partial charge in [0.25, 0.3) is 0 Å². The van der Waals surface area contributed by atoms with Gasteiger partial charge in [-0.1, -0.05) is 12.1 Å². The maximum absolute atomic E-state index is 5.59. The maximum atomic E-state index is 5.59. The highest BCUT2D eigenvalue weighted by Gasteiger charge is 2.22. The molecule has 0 fully saturated rings. The second kappa shape index (κ2) is 4.34. The van der Waals surface area contributed by atoms with E-state index in [0.717, 1.165) is 35.5 Å². The van der Waals surface area contributed by atoms with Crippen molar-refractivity contribution in [2.24, 2.45) is 4.99 Å². The van der Waals surface area contributed by atoms with Gasteiger partial charge < -0.3 is 8.98 Å². The maximum Gasteiger partial charge on any atom is 0.136 e. The third-order valence-electron chi connectivity index (χ3n) is 4.41. The van der Waals surface area contributed by atoms with E-state index in [-0.39, 0.29) is 0 Å². The molecular weight excluding hydrogens is 272 g/mol. The van der Waals surface area contributed by atoms with Crippen molar-refractivity contribution in [1.29, 1.82) is 0 Å². The first-order chi connectivity index (χ1) is 10.9. The first-order valence-electron chi connectivity index (χ1n) is 7.54. The summed E-state index contributed by atoms with van der Waals surface area (Å²) in [7, 11) is 0. The summed E-state index contributed by atoms with van der Waals surface area (Å²) < 4.78 is 7.85. The van der Waals surface area contributed by atoms with Crippen LogP contribution in [0.25, 0.3) is 22.6 Å². The number of fused-ring (bicyclic) bond motifs is 2. The zero-order valence-corrected chi connectivity index (χ0v) is 12.0. The molecule has 0 unspecified atom stereocenters. The summed E-state index contributed by atoms with van der Waals surface area (Å²) in [5.74, 6) is 0.852. The molecule has 0 radical (unpaired) electrons. The van der Waals surface area contributed by atoms with Crippen molar-refractivity contribution >= 4 is 17.5 Å². The van der Waals surface area contributed by atoms with Crippen molar-refractivity contribution in [3.05, 3.63) is 66.2 Å². The molecule has 3 heteroatoms. The van der Waals surface area contributed by atoms with Gasteiger partial charge in [0.15, 0.2) is 0 Å². The van der Waals surface area contributed by atoms with Crippen molar-refractivity contribution in [1.82, 2.24) is 4.57 Å². The summed E-state index contributed by atoms with van der Waals surface area (Å²) >= 11 is 0. The first-order valence-corrected chi connectivity index (χ1v) is 7.54. The number of aromatic nitrogens is 1. The molecule has 0 atom stereocenters. The molecule has 0 saturated heterocycles. The fourth-order valence-corrected chi connectivity index (χ4v) is 3.42. The molecule has 0 N–H and O–H groups in total. The smallest absolute Gasteiger partial charge is 0.136 e. The van der Waals surface area contributed by atoms with Gasteiger partial charge in [0.2, 0.25) is 0 Å². The van der Waals surface area contributed by atoms with E-state index >= 15 is 0 Å². The largest absolute Gasteiger partial charge is 0.464 e. The Bertz CT molecular complexity index is 927. The lowest BCUT2D eigenvalue weighted by Gasteiger charge is -2.15. The quantitative estimate of drug-likeness (QED) is 0.633. The van der Waals surface area contributed by atoms with Crippen molar-refractivity contribution in [3.63, 3.8) is 0 Å². The fourth-order valence-electron chi connectivity index (χ4n) is 3.42. The second-order valence-corrected chi connectivity index (χ2v) is 5.67. The van der Waals surface area contributed by atoms with Gasteiger partial charge >= 0.3 is 0 Å². The minimum atomic E-state index is 0.852. The summed E-state index contributed by atoms with van der Waals surface area (Å²) in [5.41, 5.74) is 7.00. The molecule has 106 valence electrons. The van der Waals surface area contributed by atoms with Gasteiger partial charge in [-0.15, -0.1) is 0 Å². The van der Waals surface area contributed by atoms with Crippen molar-refractivity contribution in [3.8, 4) is 17.0 Å². The molecule has 22 heavy (non-hydrogen) atoms. The Hall–Kier alpha value is -2.81. The Kier molecular flexibility index (Phi) is 2.33. The number of aliphatic imine (C=N–C) groups is 1. The summed E-state index contributed by atoms with van der Waals surface area (Å²) in [6.07, 6.45) is 10.3. The highest BCUT2D eigenvalue weighted by molar-refractivity contribution is 6.12. The van der Waals surface area contributed by atoms with Gasteiger partial charge in [0.05, 0.1) is 23.3 Å². The van der Waals surface area contributed by atoms with Crippen LogP contribution in [0.2, 0.25) is 0 Å². The minimum absolute atomic E-state index is 0.852. The van der Waals surface area contributed by atoms with E-state index in [1.807, 2.05) is 18.3 Å². The molecule has 3 nitrogen and oxygen atoms in total. The molecule has 1 aliphatic carbocycles. The monoisotopic (exact) mass is 286 g/mol. The van der Waals surface area contributed by atoms with Crippen LogP contribution in [0.5, 0.6) is 0 Å². The fraction of sp³-hybridized carbons (Fsp3) is 0.105. The van der Waals surface area contributed by atoms with Crippen LogP contribution in [0.1, 0.15) is 17.7 Å². The van der Waals surface area contributed by atoms with Crippen LogP contribution >= 0.6 is 0 Å². The number of para-hydroxylation sites is 1. The van der Waals surface area contributed by atoms with E-state index in [1.165, 1.54) is 16.8 Å². The van der Waals surface area contributed by atoms with Gasteiger partial charge in [-0.25, -0.2) is 0 Å². The molecule has 1 aromatic carbocycles. The Morgan fingerprint density at radius 3 is 3.00 bits per heavy atom. The zero-order chi connectivity index (χ0) is 14.5. The highest BCUT2D eigenvalue weighted by Crippen LogP contribution is 2.40. The van der Waals surface area contributed by atoms with Gasteiger partial charge in [0.1, 0.15) is 5.76 Å². The van der Waals surface area contributed by atoms with E-state index in [9.17, 15) is 0 Å². The van der Waals surface area contributed by atoms with E-state index in [4.69, 9.17) is 9.41 Å². The van der Waals surface area contributed by atoms with Gasteiger partial charge in [-0.05, 0) is 48.7 Å². The normalized spacial score (nSPS) is 15.0. The van der Waals surface area contributed by atoms with Crippen LogP contribution in [0.4, 0.5) is 5.69 Å². The first kappa shape index (κ1) is 11.8. The number of hydrogen-bond acceptors (Lipinski definition) is 2. The number of allylic oxidation sites excluding steroid dienone is 2. The summed E-state index contributed by atoms with van der Waals surface area (Å²) in [5, 5.41) is 0. The Morgan fingerprint density at radius 2 is 2.09 bits per heavy atom. The SMILES string of the molecule is C1=Nc2c(-c3ccco3)cccc2-n2ccc3c2C1=CCC3.